The van der Waals surface area contributed by atoms with E-state index in [4.69, 9.17) is 19.8 Å². The third-order valence-corrected chi connectivity index (χ3v) is 6.02. The van der Waals surface area contributed by atoms with Crippen molar-refractivity contribution in [2.75, 3.05) is 32.7 Å². The standard InChI is InChI=1S/C18H32N2.C2H2O4/c1-16-7-5-6-10-18(16)20-13-11-19(12-14-20)15-17-8-3-2-4-9-17;3-1(4)2(5)6/h2-3,16-18H,4-15H2,1H3;(H,3,4)(H,5,6). The summed E-state index contributed by atoms with van der Waals surface area (Å²) >= 11 is 0. The van der Waals surface area contributed by atoms with Gasteiger partial charge in [0.05, 0.1) is 0 Å². The van der Waals surface area contributed by atoms with Gasteiger partial charge in [0.25, 0.3) is 0 Å². The Bertz CT molecular complexity index is 474. The van der Waals surface area contributed by atoms with E-state index in [1.54, 1.807) is 0 Å². The number of carboxylic acids is 2. The molecule has 0 spiro atoms. The first-order chi connectivity index (χ1) is 12.5. The number of carbonyl (C=O) groups is 2. The van der Waals surface area contributed by atoms with Crippen LogP contribution in [0.2, 0.25) is 0 Å². The van der Waals surface area contributed by atoms with Gasteiger partial charge in [-0.2, -0.15) is 0 Å². The number of allylic oxidation sites excluding steroid dienone is 2. The number of carboxylic acid groups (broad SMARTS) is 2. The third-order valence-electron chi connectivity index (χ3n) is 6.02. The van der Waals surface area contributed by atoms with Crippen molar-refractivity contribution in [2.24, 2.45) is 11.8 Å². The average Bonchev–Trinajstić information content (AvgIpc) is 2.64. The van der Waals surface area contributed by atoms with Crippen molar-refractivity contribution in [1.29, 1.82) is 0 Å². The second-order valence-electron chi connectivity index (χ2n) is 7.93. The van der Waals surface area contributed by atoms with Crippen LogP contribution in [0.25, 0.3) is 0 Å². The Kier molecular flexibility index (Phi) is 8.59. The van der Waals surface area contributed by atoms with Crippen molar-refractivity contribution in [3.05, 3.63) is 12.2 Å². The van der Waals surface area contributed by atoms with Crippen LogP contribution in [-0.2, 0) is 9.59 Å². The minimum Gasteiger partial charge on any atom is -0.473 e. The molecular formula is C20H34N2O4. The summed E-state index contributed by atoms with van der Waals surface area (Å²) in [5.41, 5.74) is 0. The minimum atomic E-state index is -1.82. The molecule has 0 aromatic rings. The van der Waals surface area contributed by atoms with Crippen molar-refractivity contribution in [2.45, 2.75) is 57.9 Å². The van der Waals surface area contributed by atoms with Crippen LogP contribution in [0.1, 0.15) is 51.9 Å². The normalized spacial score (nSPS) is 30.3. The highest BCUT2D eigenvalue weighted by molar-refractivity contribution is 6.27. The Hall–Kier alpha value is -1.40. The van der Waals surface area contributed by atoms with Crippen LogP contribution in [0.4, 0.5) is 0 Å². The predicted molar refractivity (Wildman–Crippen MR) is 101 cm³/mol. The number of aliphatic carboxylic acids is 2. The molecule has 6 nitrogen and oxygen atoms in total. The van der Waals surface area contributed by atoms with Gasteiger partial charge in [-0.15, -0.1) is 0 Å². The first kappa shape index (κ1) is 20.9. The predicted octanol–water partition coefficient (Wildman–Crippen LogP) is 2.69. The third kappa shape index (κ3) is 6.72. The van der Waals surface area contributed by atoms with Crippen molar-refractivity contribution in [3.63, 3.8) is 0 Å². The van der Waals surface area contributed by atoms with Crippen LogP contribution in [0.15, 0.2) is 12.2 Å². The van der Waals surface area contributed by atoms with Gasteiger partial charge in [-0.25, -0.2) is 9.59 Å². The summed E-state index contributed by atoms with van der Waals surface area (Å²) in [4.78, 5) is 23.7. The van der Waals surface area contributed by atoms with Crippen molar-refractivity contribution in [1.82, 2.24) is 9.80 Å². The van der Waals surface area contributed by atoms with Crippen LogP contribution in [0.3, 0.4) is 0 Å². The number of hydrogen-bond acceptors (Lipinski definition) is 4. The van der Waals surface area contributed by atoms with Gasteiger partial charge in [0.15, 0.2) is 0 Å². The lowest BCUT2D eigenvalue weighted by Crippen LogP contribution is -2.53. The molecule has 0 amide bonds. The summed E-state index contributed by atoms with van der Waals surface area (Å²) in [6, 6.07) is 0.892. The van der Waals surface area contributed by atoms with E-state index in [0.29, 0.717) is 0 Å². The maximum atomic E-state index is 9.10. The Morgan fingerprint density at radius 1 is 0.962 bits per heavy atom. The molecule has 1 aliphatic heterocycles. The van der Waals surface area contributed by atoms with Crippen LogP contribution < -0.4 is 0 Å². The molecule has 6 heteroatoms. The lowest BCUT2D eigenvalue weighted by molar-refractivity contribution is -0.159. The van der Waals surface area contributed by atoms with Gasteiger partial charge >= 0.3 is 11.9 Å². The van der Waals surface area contributed by atoms with Crippen LogP contribution >= 0.6 is 0 Å². The van der Waals surface area contributed by atoms with E-state index < -0.39 is 11.9 Å². The number of rotatable bonds is 3. The summed E-state index contributed by atoms with van der Waals surface area (Å²) in [6.07, 6.45) is 14.6. The second-order valence-corrected chi connectivity index (χ2v) is 7.93. The zero-order valence-corrected chi connectivity index (χ0v) is 16.0. The largest absolute Gasteiger partial charge is 0.473 e. The molecule has 26 heavy (non-hydrogen) atoms. The molecule has 3 aliphatic rings. The first-order valence-electron chi connectivity index (χ1n) is 10.0. The zero-order valence-electron chi connectivity index (χ0n) is 16.0. The van der Waals surface area contributed by atoms with Gasteiger partial charge in [0.2, 0.25) is 0 Å². The highest BCUT2D eigenvalue weighted by Crippen LogP contribution is 2.29. The van der Waals surface area contributed by atoms with Crippen LogP contribution in [-0.4, -0.2) is 70.7 Å². The monoisotopic (exact) mass is 366 g/mol. The topological polar surface area (TPSA) is 81.1 Å². The fraction of sp³-hybridized carbons (Fsp3) is 0.800. The molecule has 3 atom stereocenters. The van der Waals surface area contributed by atoms with E-state index in [2.05, 4.69) is 28.9 Å². The van der Waals surface area contributed by atoms with Crippen molar-refractivity contribution < 1.29 is 19.8 Å². The van der Waals surface area contributed by atoms with Gasteiger partial charge in [-0.1, -0.05) is 31.9 Å². The molecule has 2 N–H and O–H groups in total. The van der Waals surface area contributed by atoms with Crippen molar-refractivity contribution >= 4 is 11.9 Å². The summed E-state index contributed by atoms with van der Waals surface area (Å²) in [6.45, 7) is 9.07. The molecular weight excluding hydrogens is 332 g/mol. The molecule has 3 rings (SSSR count). The molecule has 3 unspecified atom stereocenters. The van der Waals surface area contributed by atoms with E-state index >= 15 is 0 Å². The summed E-state index contributed by atoms with van der Waals surface area (Å²) < 4.78 is 0. The molecule has 1 saturated heterocycles. The van der Waals surface area contributed by atoms with Gasteiger partial charge in [-0.05, 0) is 43.9 Å². The Labute approximate surface area is 156 Å². The molecule has 2 aliphatic carbocycles. The zero-order chi connectivity index (χ0) is 18.9. The molecule has 2 fully saturated rings. The molecule has 0 aromatic heterocycles. The van der Waals surface area contributed by atoms with E-state index in [9.17, 15) is 0 Å². The highest BCUT2D eigenvalue weighted by Gasteiger charge is 2.29. The summed E-state index contributed by atoms with van der Waals surface area (Å²) in [5.74, 6) is -1.79. The Balaban J connectivity index is 0.000000352. The highest BCUT2D eigenvalue weighted by atomic mass is 16.4. The van der Waals surface area contributed by atoms with Gasteiger partial charge in [-0.3, -0.25) is 4.90 Å². The molecule has 148 valence electrons. The fourth-order valence-electron chi connectivity index (χ4n) is 4.50. The van der Waals surface area contributed by atoms with Gasteiger partial charge in [0, 0.05) is 38.8 Å². The molecule has 0 radical (unpaired) electrons. The van der Waals surface area contributed by atoms with E-state index in [-0.39, 0.29) is 0 Å². The van der Waals surface area contributed by atoms with E-state index in [1.807, 2.05) is 0 Å². The van der Waals surface area contributed by atoms with Crippen LogP contribution in [0.5, 0.6) is 0 Å². The number of nitrogens with zero attached hydrogens (tertiary/aromatic N) is 2. The molecule has 0 bridgehead atoms. The van der Waals surface area contributed by atoms with Crippen molar-refractivity contribution in [3.8, 4) is 0 Å². The quantitative estimate of drug-likeness (QED) is 0.590. The minimum absolute atomic E-state index is 0.892. The SMILES string of the molecule is CC1CCCCC1N1CCN(CC2CC=CCC2)CC1.O=C(O)C(=O)O. The summed E-state index contributed by atoms with van der Waals surface area (Å²) in [7, 11) is 0. The lowest BCUT2D eigenvalue weighted by Gasteiger charge is -2.44. The Morgan fingerprint density at radius 3 is 2.15 bits per heavy atom. The van der Waals surface area contributed by atoms with Gasteiger partial charge in [0.1, 0.15) is 0 Å². The van der Waals surface area contributed by atoms with E-state index in [0.717, 1.165) is 17.9 Å². The second kappa shape index (κ2) is 10.7. The molecule has 1 saturated carbocycles. The maximum absolute atomic E-state index is 9.10. The molecule has 0 aromatic carbocycles. The fourth-order valence-corrected chi connectivity index (χ4v) is 4.50. The average molecular weight is 367 g/mol. The van der Waals surface area contributed by atoms with Crippen LogP contribution in [0, 0.1) is 11.8 Å². The van der Waals surface area contributed by atoms with E-state index in [1.165, 1.54) is 77.7 Å². The van der Waals surface area contributed by atoms with Gasteiger partial charge < -0.3 is 15.1 Å². The smallest absolute Gasteiger partial charge is 0.414 e. The number of hydrogen-bond donors (Lipinski definition) is 2. The maximum Gasteiger partial charge on any atom is 0.414 e. The number of piperazine rings is 1. The Morgan fingerprint density at radius 2 is 1.62 bits per heavy atom. The molecule has 1 heterocycles. The summed E-state index contributed by atoms with van der Waals surface area (Å²) in [5, 5.41) is 14.8. The lowest BCUT2D eigenvalue weighted by atomic mass is 9.84. The first-order valence-corrected chi connectivity index (χ1v) is 10.0.